The zero-order chi connectivity index (χ0) is 17.7. The predicted octanol–water partition coefficient (Wildman–Crippen LogP) is 3.79. The highest BCUT2D eigenvalue weighted by molar-refractivity contribution is 5.98. The Morgan fingerprint density at radius 1 is 1.25 bits per heavy atom. The highest BCUT2D eigenvalue weighted by Gasteiger charge is 2.20. The number of hydrogen-bond acceptors (Lipinski definition) is 5. The number of isocyanates is 1. The maximum atomic E-state index is 13.0. The molecule has 1 aromatic carbocycles. The Morgan fingerprint density at radius 3 is 2.50 bits per heavy atom. The highest BCUT2D eigenvalue weighted by atomic mass is 19.1. The second-order valence-electron chi connectivity index (χ2n) is 6.15. The van der Waals surface area contributed by atoms with Crippen molar-refractivity contribution in [3.63, 3.8) is 0 Å². The van der Waals surface area contributed by atoms with E-state index in [-0.39, 0.29) is 23.8 Å². The second-order valence-corrected chi connectivity index (χ2v) is 6.15. The fourth-order valence-corrected chi connectivity index (χ4v) is 2.06. The smallest absolute Gasteiger partial charge is 0.241 e. The van der Waals surface area contributed by atoms with E-state index < -0.39 is 11.4 Å². The van der Waals surface area contributed by atoms with Gasteiger partial charge in [-0.15, -0.1) is 0 Å². The van der Waals surface area contributed by atoms with Crippen molar-refractivity contribution in [3.8, 4) is 5.88 Å². The van der Waals surface area contributed by atoms with Gasteiger partial charge in [-0.3, -0.25) is 4.79 Å². The van der Waals surface area contributed by atoms with Crippen LogP contribution in [0, 0.1) is 5.82 Å². The molecule has 0 unspecified atom stereocenters. The minimum Gasteiger partial charge on any atom is -0.470 e. The summed E-state index contributed by atoms with van der Waals surface area (Å²) in [5, 5.41) is 0. The fourth-order valence-electron chi connectivity index (χ4n) is 2.06. The zero-order valence-corrected chi connectivity index (χ0v) is 13.7. The Labute approximate surface area is 139 Å². The van der Waals surface area contributed by atoms with E-state index in [1.165, 1.54) is 36.5 Å². The lowest BCUT2D eigenvalue weighted by molar-refractivity contribution is 0.0993. The summed E-state index contributed by atoms with van der Waals surface area (Å²) < 4.78 is 18.6. The number of rotatable bonds is 5. The highest BCUT2D eigenvalue weighted by Crippen LogP contribution is 2.32. The summed E-state index contributed by atoms with van der Waals surface area (Å²) in [6.45, 7) is 5.50. The first kappa shape index (κ1) is 17.5. The SMILES string of the molecule is CC(C)(C)Oc1nccc(CC(=O)c2ccc(F)cc2)c1N=C=O. The van der Waals surface area contributed by atoms with E-state index in [9.17, 15) is 14.0 Å². The quantitative estimate of drug-likeness (QED) is 0.476. The summed E-state index contributed by atoms with van der Waals surface area (Å²) in [7, 11) is 0. The van der Waals surface area contributed by atoms with Crippen LogP contribution in [-0.4, -0.2) is 22.4 Å². The molecule has 0 N–H and O–H groups in total. The first-order valence-electron chi connectivity index (χ1n) is 7.33. The summed E-state index contributed by atoms with van der Waals surface area (Å²) >= 11 is 0. The van der Waals surface area contributed by atoms with Crippen LogP contribution in [-0.2, 0) is 11.2 Å². The maximum absolute atomic E-state index is 13.0. The Kier molecular flexibility index (Phi) is 5.21. The average Bonchev–Trinajstić information content (AvgIpc) is 2.49. The summed E-state index contributed by atoms with van der Waals surface area (Å²) in [6, 6.07) is 6.85. The number of halogens is 1. The Balaban J connectivity index is 2.35. The van der Waals surface area contributed by atoms with Crippen LogP contribution in [0.1, 0.15) is 36.7 Å². The summed E-state index contributed by atoms with van der Waals surface area (Å²) in [5.74, 6) is -0.483. The van der Waals surface area contributed by atoms with E-state index >= 15 is 0 Å². The molecule has 0 aliphatic carbocycles. The van der Waals surface area contributed by atoms with Gasteiger partial charge in [0.15, 0.2) is 5.78 Å². The summed E-state index contributed by atoms with van der Waals surface area (Å²) in [5.41, 5.74) is 0.493. The van der Waals surface area contributed by atoms with E-state index in [1.54, 1.807) is 6.07 Å². The fraction of sp³-hybridized carbons (Fsp3) is 0.278. The van der Waals surface area contributed by atoms with E-state index in [0.29, 0.717) is 11.1 Å². The average molecular weight is 328 g/mol. The van der Waals surface area contributed by atoms with Crippen LogP contribution in [0.2, 0.25) is 0 Å². The number of benzene rings is 1. The van der Waals surface area contributed by atoms with Gasteiger partial charge >= 0.3 is 0 Å². The third-order valence-electron chi connectivity index (χ3n) is 3.05. The molecular formula is C18H17FN2O3. The summed E-state index contributed by atoms with van der Waals surface area (Å²) in [6.07, 6.45) is 2.93. The lowest BCUT2D eigenvalue weighted by atomic mass is 10.0. The number of hydrogen-bond donors (Lipinski definition) is 0. The largest absolute Gasteiger partial charge is 0.470 e. The minimum absolute atomic E-state index is 0.0187. The lowest BCUT2D eigenvalue weighted by Crippen LogP contribution is -2.23. The standard InChI is InChI=1S/C18H17FN2O3/c1-18(2,3)24-17-16(21-11-22)13(8-9-20-17)10-15(23)12-4-6-14(19)7-5-12/h4-9H,10H2,1-3H3. The molecule has 5 nitrogen and oxygen atoms in total. The number of ether oxygens (including phenoxy) is 1. The molecule has 6 heteroatoms. The third-order valence-corrected chi connectivity index (χ3v) is 3.05. The molecule has 2 rings (SSSR count). The maximum Gasteiger partial charge on any atom is 0.241 e. The van der Waals surface area contributed by atoms with Crippen LogP contribution < -0.4 is 4.74 Å². The molecule has 0 bridgehead atoms. The summed E-state index contributed by atoms with van der Waals surface area (Å²) in [4.78, 5) is 30.8. The van der Waals surface area contributed by atoms with Crippen LogP contribution in [0.4, 0.5) is 10.1 Å². The second kappa shape index (κ2) is 7.15. The van der Waals surface area contributed by atoms with Crippen molar-refractivity contribution in [2.24, 2.45) is 4.99 Å². The topological polar surface area (TPSA) is 68.6 Å². The molecule has 0 amide bonds. The number of aliphatic imine (C=N–C) groups is 1. The van der Waals surface area contributed by atoms with Gasteiger partial charge in [0.05, 0.1) is 0 Å². The molecule has 1 heterocycles. The molecule has 0 aliphatic rings. The monoisotopic (exact) mass is 328 g/mol. The normalized spacial score (nSPS) is 10.8. The number of Topliss-reactive ketones (excluding diaryl/α,β-unsaturated/α-hetero) is 1. The van der Waals surface area contributed by atoms with Crippen molar-refractivity contribution in [3.05, 3.63) is 53.5 Å². The molecule has 2 aromatic rings. The lowest BCUT2D eigenvalue weighted by Gasteiger charge is -2.21. The van der Waals surface area contributed by atoms with Gasteiger partial charge in [0.2, 0.25) is 12.0 Å². The van der Waals surface area contributed by atoms with Crippen molar-refractivity contribution < 1.29 is 18.7 Å². The molecule has 0 aliphatic heterocycles. The first-order chi connectivity index (χ1) is 11.3. The molecular weight excluding hydrogens is 311 g/mol. The van der Waals surface area contributed by atoms with E-state index in [1.807, 2.05) is 20.8 Å². The van der Waals surface area contributed by atoms with Gasteiger partial charge in [-0.1, -0.05) is 0 Å². The third kappa shape index (κ3) is 4.57. The Bertz CT molecular complexity index is 789. The first-order valence-corrected chi connectivity index (χ1v) is 7.33. The molecule has 0 atom stereocenters. The zero-order valence-electron chi connectivity index (χ0n) is 13.7. The Hall–Kier alpha value is -2.85. The van der Waals surface area contributed by atoms with E-state index in [2.05, 4.69) is 9.98 Å². The molecule has 0 spiro atoms. The van der Waals surface area contributed by atoms with Crippen LogP contribution in [0.15, 0.2) is 41.5 Å². The number of ketones is 1. The number of nitrogens with zero attached hydrogens (tertiary/aromatic N) is 2. The van der Waals surface area contributed by atoms with Crippen molar-refractivity contribution in [2.75, 3.05) is 0 Å². The molecule has 0 saturated carbocycles. The van der Waals surface area contributed by atoms with Crippen molar-refractivity contribution in [1.29, 1.82) is 0 Å². The molecule has 0 saturated heterocycles. The van der Waals surface area contributed by atoms with Crippen molar-refractivity contribution >= 4 is 17.6 Å². The van der Waals surface area contributed by atoms with Crippen molar-refractivity contribution in [1.82, 2.24) is 4.98 Å². The molecule has 1 aromatic heterocycles. The number of carbonyl (C=O) groups is 1. The number of carbonyl (C=O) groups excluding carboxylic acids is 2. The van der Waals surface area contributed by atoms with Gasteiger partial charge in [0.25, 0.3) is 0 Å². The molecule has 0 radical (unpaired) electrons. The van der Waals surface area contributed by atoms with Gasteiger partial charge in [0, 0.05) is 18.2 Å². The van der Waals surface area contributed by atoms with Gasteiger partial charge in [-0.2, -0.15) is 4.99 Å². The van der Waals surface area contributed by atoms with Crippen molar-refractivity contribution in [2.45, 2.75) is 32.8 Å². The molecule has 0 fully saturated rings. The Morgan fingerprint density at radius 2 is 1.92 bits per heavy atom. The van der Waals surface area contributed by atoms with E-state index in [0.717, 1.165) is 0 Å². The van der Waals surface area contributed by atoms with Crippen LogP contribution >= 0.6 is 0 Å². The van der Waals surface area contributed by atoms with Gasteiger partial charge in [0.1, 0.15) is 17.1 Å². The number of aromatic nitrogens is 1. The number of pyridine rings is 1. The minimum atomic E-state index is -0.542. The van der Waals surface area contributed by atoms with Gasteiger partial charge in [-0.05, 0) is 56.7 Å². The van der Waals surface area contributed by atoms with Crippen LogP contribution in [0.5, 0.6) is 5.88 Å². The van der Waals surface area contributed by atoms with E-state index in [4.69, 9.17) is 4.74 Å². The van der Waals surface area contributed by atoms with Gasteiger partial charge < -0.3 is 4.74 Å². The van der Waals surface area contributed by atoms with Crippen LogP contribution in [0.3, 0.4) is 0 Å². The van der Waals surface area contributed by atoms with Crippen LogP contribution in [0.25, 0.3) is 0 Å². The predicted molar refractivity (Wildman–Crippen MR) is 86.8 cm³/mol. The molecule has 124 valence electrons. The molecule has 24 heavy (non-hydrogen) atoms. The van der Waals surface area contributed by atoms with Gasteiger partial charge in [-0.25, -0.2) is 14.2 Å².